The lowest BCUT2D eigenvalue weighted by atomic mass is 9.93. The zero-order valence-corrected chi connectivity index (χ0v) is 24.1. The Hall–Kier alpha value is -4.30. The normalized spacial score (nSPS) is 16.4. The molecule has 0 aromatic heterocycles. The quantitative estimate of drug-likeness (QED) is 0.173. The van der Waals surface area contributed by atoms with Crippen molar-refractivity contribution in [3.05, 3.63) is 94.6 Å². The van der Waals surface area contributed by atoms with Crippen molar-refractivity contribution in [1.82, 2.24) is 9.80 Å². The van der Waals surface area contributed by atoms with Gasteiger partial charge in [-0.05, 0) is 74.0 Å². The second-order valence-electron chi connectivity index (χ2n) is 9.93. The minimum absolute atomic E-state index is 0.00346. The monoisotopic (exact) mass is 558 g/mol. The molecule has 216 valence electrons. The molecule has 1 saturated heterocycles. The van der Waals surface area contributed by atoms with Crippen LogP contribution in [0.4, 0.5) is 0 Å². The summed E-state index contributed by atoms with van der Waals surface area (Å²) >= 11 is 0. The Kier molecular flexibility index (Phi) is 9.68. The molecule has 0 bridgehead atoms. The first kappa shape index (κ1) is 29.7. The van der Waals surface area contributed by atoms with Gasteiger partial charge in [0.1, 0.15) is 18.1 Å². The number of likely N-dealkylation sites (tertiary alicyclic amines) is 1. The Morgan fingerprint density at radius 3 is 2.34 bits per heavy atom. The van der Waals surface area contributed by atoms with Crippen molar-refractivity contribution in [1.29, 1.82) is 0 Å². The van der Waals surface area contributed by atoms with Crippen LogP contribution in [0.1, 0.15) is 49.1 Å². The summed E-state index contributed by atoms with van der Waals surface area (Å²) in [4.78, 5) is 30.5. The van der Waals surface area contributed by atoms with Gasteiger partial charge < -0.3 is 29.5 Å². The van der Waals surface area contributed by atoms with Gasteiger partial charge in [-0.3, -0.25) is 9.59 Å². The molecule has 4 rings (SSSR count). The summed E-state index contributed by atoms with van der Waals surface area (Å²) in [6.45, 7) is 10.9. The zero-order chi connectivity index (χ0) is 29.5. The molecular formula is C33H38N2O6. The second-order valence-corrected chi connectivity index (χ2v) is 9.93. The summed E-state index contributed by atoms with van der Waals surface area (Å²) < 4.78 is 11.5. The molecule has 1 fully saturated rings. The van der Waals surface area contributed by atoms with Gasteiger partial charge in [-0.2, -0.15) is 0 Å². The van der Waals surface area contributed by atoms with Crippen molar-refractivity contribution < 1.29 is 29.3 Å². The third-order valence-corrected chi connectivity index (χ3v) is 7.39. The van der Waals surface area contributed by atoms with Crippen molar-refractivity contribution in [2.45, 2.75) is 40.3 Å². The van der Waals surface area contributed by atoms with Gasteiger partial charge in [0.05, 0.1) is 18.2 Å². The van der Waals surface area contributed by atoms with E-state index in [1.165, 1.54) is 11.0 Å². The number of rotatable bonds is 12. The number of phenols is 1. The van der Waals surface area contributed by atoms with Crippen LogP contribution in [0.2, 0.25) is 0 Å². The highest BCUT2D eigenvalue weighted by molar-refractivity contribution is 6.46. The number of Topliss-reactive ketones (excluding diaryl/α,β-unsaturated/α-hetero) is 1. The summed E-state index contributed by atoms with van der Waals surface area (Å²) in [6, 6.07) is 19.0. The SMILES string of the molecule is CCOc1cc([C@H]2C(=C(O)c3ccc(OCc4ccccc4)cc3C)C(=O)C(=O)N2CCN(CC)CC)ccc1O. The van der Waals surface area contributed by atoms with Crippen LogP contribution in [-0.2, 0) is 16.2 Å². The molecule has 41 heavy (non-hydrogen) atoms. The second kappa shape index (κ2) is 13.4. The van der Waals surface area contributed by atoms with E-state index >= 15 is 0 Å². The Balaban J connectivity index is 1.73. The number of hydrogen-bond donors (Lipinski definition) is 2. The highest BCUT2D eigenvalue weighted by Gasteiger charge is 2.46. The summed E-state index contributed by atoms with van der Waals surface area (Å²) in [7, 11) is 0. The van der Waals surface area contributed by atoms with Gasteiger partial charge in [0.2, 0.25) is 0 Å². The predicted octanol–water partition coefficient (Wildman–Crippen LogP) is 5.44. The van der Waals surface area contributed by atoms with Crippen molar-refractivity contribution >= 4 is 17.4 Å². The zero-order valence-electron chi connectivity index (χ0n) is 24.1. The molecule has 8 nitrogen and oxygen atoms in total. The van der Waals surface area contributed by atoms with Crippen LogP contribution in [0.3, 0.4) is 0 Å². The molecule has 2 N–H and O–H groups in total. The number of aliphatic hydroxyl groups excluding tert-OH is 1. The van der Waals surface area contributed by atoms with Gasteiger partial charge in [-0.25, -0.2) is 0 Å². The molecule has 8 heteroatoms. The summed E-state index contributed by atoms with van der Waals surface area (Å²) in [5.41, 5.74) is 2.73. The van der Waals surface area contributed by atoms with Crippen LogP contribution in [-0.4, -0.2) is 64.5 Å². The van der Waals surface area contributed by atoms with E-state index in [2.05, 4.69) is 4.90 Å². The number of phenolic OH excluding ortho intramolecular Hbond substituents is 1. The highest BCUT2D eigenvalue weighted by atomic mass is 16.5. The van der Waals surface area contributed by atoms with Crippen LogP contribution in [0.5, 0.6) is 17.2 Å². The number of ether oxygens (including phenoxy) is 2. The maximum atomic E-state index is 13.5. The number of carbonyl (C=O) groups excluding carboxylic acids is 2. The molecule has 3 aromatic carbocycles. The lowest BCUT2D eigenvalue weighted by Gasteiger charge is -2.28. The molecular weight excluding hydrogens is 520 g/mol. The predicted molar refractivity (Wildman–Crippen MR) is 158 cm³/mol. The third kappa shape index (κ3) is 6.55. The number of ketones is 1. The fraction of sp³-hybridized carbons (Fsp3) is 0.333. The first-order chi connectivity index (χ1) is 19.8. The van der Waals surface area contributed by atoms with E-state index in [4.69, 9.17) is 9.47 Å². The maximum absolute atomic E-state index is 13.5. The smallest absolute Gasteiger partial charge is 0.295 e. The standard InChI is InChI=1S/C33H38N2O6/c1-5-34(6-2)17-18-35-30(24-13-16-27(36)28(20-24)40-7-3)29(32(38)33(35)39)31(37)26-15-14-25(19-22(26)4)41-21-23-11-9-8-10-12-23/h8-16,19-20,30,36-37H,5-7,17-18,21H2,1-4H3/t30-/m0/s1. The van der Waals surface area contributed by atoms with Crippen molar-refractivity contribution in [2.24, 2.45) is 0 Å². The van der Waals surface area contributed by atoms with E-state index in [9.17, 15) is 19.8 Å². The number of aromatic hydroxyl groups is 1. The average Bonchev–Trinajstić information content (AvgIpc) is 3.23. The third-order valence-electron chi connectivity index (χ3n) is 7.39. The van der Waals surface area contributed by atoms with Gasteiger partial charge in [-0.1, -0.05) is 50.2 Å². The number of carbonyl (C=O) groups is 2. The van der Waals surface area contributed by atoms with E-state index in [0.29, 0.717) is 48.7 Å². The Morgan fingerprint density at radius 1 is 0.951 bits per heavy atom. The molecule has 0 radical (unpaired) electrons. The molecule has 1 amide bonds. The van der Waals surface area contributed by atoms with Gasteiger partial charge in [-0.15, -0.1) is 0 Å². The first-order valence-electron chi connectivity index (χ1n) is 14.0. The number of nitrogens with zero attached hydrogens (tertiary/aromatic N) is 2. The minimum atomic E-state index is -0.848. The lowest BCUT2D eigenvalue weighted by molar-refractivity contribution is -0.140. The Morgan fingerprint density at radius 2 is 1.68 bits per heavy atom. The van der Waals surface area contributed by atoms with Crippen LogP contribution in [0, 0.1) is 6.92 Å². The maximum Gasteiger partial charge on any atom is 0.295 e. The minimum Gasteiger partial charge on any atom is -0.507 e. The van der Waals surface area contributed by atoms with Gasteiger partial charge in [0.25, 0.3) is 11.7 Å². The molecule has 1 aliphatic heterocycles. The summed E-state index contributed by atoms with van der Waals surface area (Å²) in [5, 5.41) is 21.9. The number of benzene rings is 3. The van der Waals surface area contributed by atoms with Gasteiger partial charge >= 0.3 is 0 Å². The average molecular weight is 559 g/mol. The van der Waals surface area contributed by atoms with Crippen molar-refractivity contribution in [2.75, 3.05) is 32.8 Å². The topological polar surface area (TPSA) is 99.5 Å². The molecule has 1 aliphatic rings. The fourth-order valence-corrected chi connectivity index (χ4v) is 5.10. The first-order valence-corrected chi connectivity index (χ1v) is 14.0. The van der Waals surface area contributed by atoms with E-state index in [0.717, 1.165) is 18.7 Å². The largest absolute Gasteiger partial charge is 0.507 e. The molecule has 0 unspecified atom stereocenters. The number of aliphatic hydroxyl groups is 1. The Labute approximate surface area is 241 Å². The molecule has 0 aliphatic carbocycles. The lowest BCUT2D eigenvalue weighted by Crippen LogP contribution is -2.38. The number of likely N-dealkylation sites (N-methyl/N-ethyl adjacent to an activating group) is 1. The van der Waals surface area contributed by atoms with Crippen LogP contribution in [0.25, 0.3) is 5.76 Å². The van der Waals surface area contributed by atoms with Crippen LogP contribution in [0.15, 0.2) is 72.3 Å². The molecule has 1 atom stereocenters. The number of aryl methyl sites for hydroxylation is 1. The van der Waals surface area contributed by atoms with E-state index in [1.54, 1.807) is 37.3 Å². The summed E-state index contributed by atoms with van der Waals surface area (Å²) in [5.74, 6) is -0.846. The Bertz CT molecular complexity index is 1410. The van der Waals surface area contributed by atoms with Gasteiger partial charge in [0, 0.05) is 18.7 Å². The van der Waals surface area contributed by atoms with E-state index < -0.39 is 17.7 Å². The van der Waals surface area contributed by atoms with Crippen LogP contribution < -0.4 is 9.47 Å². The number of hydrogen-bond acceptors (Lipinski definition) is 7. The molecule has 3 aromatic rings. The van der Waals surface area contributed by atoms with E-state index in [1.807, 2.05) is 51.1 Å². The van der Waals surface area contributed by atoms with Gasteiger partial charge in [0.15, 0.2) is 11.5 Å². The summed E-state index contributed by atoms with van der Waals surface area (Å²) in [6.07, 6.45) is 0. The van der Waals surface area contributed by atoms with Crippen molar-refractivity contribution in [3.8, 4) is 17.2 Å². The number of amides is 1. The molecule has 1 heterocycles. The fourth-order valence-electron chi connectivity index (χ4n) is 5.10. The highest BCUT2D eigenvalue weighted by Crippen LogP contribution is 2.42. The molecule has 0 spiro atoms. The van der Waals surface area contributed by atoms with Crippen LogP contribution >= 0.6 is 0 Å². The van der Waals surface area contributed by atoms with E-state index in [-0.39, 0.29) is 22.8 Å². The molecule has 0 saturated carbocycles. The van der Waals surface area contributed by atoms with Crippen molar-refractivity contribution in [3.63, 3.8) is 0 Å².